The van der Waals surface area contributed by atoms with Crippen LogP contribution in [0, 0.1) is 6.92 Å². The first-order chi connectivity index (χ1) is 13.7. The van der Waals surface area contributed by atoms with Crippen molar-refractivity contribution in [2.24, 2.45) is 0 Å². The van der Waals surface area contributed by atoms with Crippen LogP contribution in [0.5, 0.6) is 0 Å². The van der Waals surface area contributed by atoms with Crippen molar-refractivity contribution in [2.45, 2.75) is 19.4 Å². The maximum Gasteiger partial charge on any atom is 0.163 e. The quantitative estimate of drug-likeness (QED) is 0.489. The molecule has 138 valence electrons. The van der Waals surface area contributed by atoms with Gasteiger partial charge in [0.05, 0.1) is 0 Å². The lowest BCUT2D eigenvalue weighted by Crippen LogP contribution is -2.23. The lowest BCUT2D eigenvalue weighted by Gasteiger charge is -2.20. The number of hydrogen-bond donors (Lipinski definition) is 1. The molecule has 0 radical (unpaired) electrons. The van der Waals surface area contributed by atoms with E-state index in [1.807, 2.05) is 85.1 Å². The normalized spacial score (nSPS) is 11.9. The van der Waals surface area contributed by atoms with Gasteiger partial charge in [-0.3, -0.25) is 9.78 Å². The third kappa shape index (κ3) is 3.94. The Bertz CT molecular complexity index is 1080. The summed E-state index contributed by atoms with van der Waals surface area (Å²) in [6.45, 7) is 2.05. The molecule has 0 unspecified atom stereocenters. The molecular weight excluding hydrogens is 344 g/mol. The molecule has 0 bridgehead atoms. The number of pyridine rings is 1. The summed E-state index contributed by atoms with van der Waals surface area (Å²) in [5.74, 6) is 0.136. The second kappa shape index (κ2) is 8.05. The van der Waals surface area contributed by atoms with Crippen molar-refractivity contribution < 1.29 is 4.79 Å². The molecule has 28 heavy (non-hydrogen) atoms. The highest BCUT2D eigenvalue weighted by atomic mass is 16.1. The lowest BCUT2D eigenvalue weighted by atomic mass is 9.94. The Balaban J connectivity index is 1.67. The summed E-state index contributed by atoms with van der Waals surface area (Å²) in [7, 11) is 0. The molecule has 1 N–H and O–H groups in total. The first kappa shape index (κ1) is 17.9. The summed E-state index contributed by atoms with van der Waals surface area (Å²) < 4.78 is 0. The van der Waals surface area contributed by atoms with E-state index in [0.717, 1.165) is 27.6 Å². The van der Waals surface area contributed by atoms with Crippen molar-refractivity contribution in [1.29, 1.82) is 0 Å². The molecular formula is C25H22N2O. The Hall–Kier alpha value is -3.46. The number of para-hydroxylation sites is 1. The fourth-order valence-electron chi connectivity index (χ4n) is 3.44. The number of aryl methyl sites for hydroxylation is 1. The van der Waals surface area contributed by atoms with Gasteiger partial charge in [-0.25, -0.2) is 0 Å². The highest BCUT2D eigenvalue weighted by molar-refractivity contribution is 5.94. The molecule has 0 saturated heterocycles. The number of aromatic nitrogens is 1. The van der Waals surface area contributed by atoms with E-state index in [-0.39, 0.29) is 5.78 Å². The van der Waals surface area contributed by atoms with Crippen LogP contribution < -0.4 is 5.32 Å². The number of carbonyl (C=O) groups excluding carboxylic acids is 1. The summed E-state index contributed by atoms with van der Waals surface area (Å²) in [6, 6.07) is 25.6. The zero-order valence-electron chi connectivity index (χ0n) is 15.8. The molecule has 3 heteroatoms. The van der Waals surface area contributed by atoms with E-state index in [2.05, 4.69) is 17.2 Å². The molecule has 0 aliphatic carbocycles. The van der Waals surface area contributed by atoms with Crippen LogP contribution in [-0.4, -0.2) is 10.8 Å². The monoisotopic (exact) mass is 366 g/mol. The van der Waals surface area contributed by atoms with Crippen molar-refractivity contribution >= 4 is 22.2 Å². The molecule has 3 nitrogen and oxygen atoms in total. The number of ketones is 1. The Morgan fingerprint density at radius 2 is 1.71 bits per heavy atom. The van der Waals surface area contributed by atoms with Crippen molar-refractivity contribution in [3.05, 3.63) is 108 Å². The average molecular weight is 366 g/mol. The fraction of sp³-hybridized carbons (Fsp3) is 0.120. The summed E-state index contributed by atoms with van der Waals surface area (Å²) in [5.41, 5.74) is 4.11. The van der Waals surface area contributed by atoms with Crippen molar-refractivity contribution in [3.8, 4) is 0 Å². The topological polar surface area (TPSA) is 42.0 Å². The number of anilines is 1. The Morgan fingerprint density at radius 1 is 0.929 bits per heavy atom. The summed E-state index contributed by atoms with van der Waals surface area (Å²) in [5, 5.41) is 5.55. The molecule has 4 rings (SSSR count). The third-order valence-corrected chi connectivity index (χ3v) is 4.95. The van der Waals surface area contributed by atoms with Crippen LogP contribution in [0.4, 0.5) is 5.69 Å². The predicted molar refractivity (Wildman–Crippen MR) is 114 cm³/mol. The van der Waals surface area contributed by atoms with Gasteiger partial charge < -0.3 is 5.32 Å². The molecule has 0 aliphatic heterocycles. The van der Waals surface area contributed by atoms with Crippen LogP contribution in [0.1, 0.15) is 22.7 Å². The van der Waals surface area contributed by atoms with Crippen LogP contribution in [-0.2, 0) is 11.2 Å². The Labute approximate surface area is 165 Å². The van der Waals surface area contributed by atoms with Crippen molar-refractivity contribution in [3.63, 3.8) is 0 Å². The molecule has 0 saturated carbocycles. The number of fused-ring (bicyclic) bond motifs is 1. The molecule has 1 heterocycles. The van der Waals surface area contributed by atoms with Crippen LogP contribution in [0.2, 0.25) is 0 Å². The highest BCUT2D eigenvalue weighted by Crippen LogP contribution is 2.25. The molecule has 1 atom stereocenters. The SMILES string of the molecule is Cc1ccc([C@H](Nc2ccccc2)C(=O)Cc2cccc3cnccc23)cc1. The van der Waals surface area contributed by atoms with Gasteiger partial charge in [-0.05, 0) is 41.6 Å². The van der Waals surface area contributed by atoms with E-state index in [0.29, 0.717) is 6.42 Å². The van der Waals surface area contributed by atoms with Gasteiger partial charge in [-0.15, -0.1) is 0 Å². The van der Waals surface area contributed by atoms with Gasteiger partial charge in [0.1, 0.15) is 6.04 Å². The summed E-state index contributed by atoms with van der Waals surface area (Å²) >= 11 is 0. The van der Waals surface area contributed by atoms with Crippen molar-refractivity contribution in [2.75, 3.05) is 5.32 Å². The van der Waals surface area contributed by atoms with Gasteiger partial charge in [0.15, 0.2) is 5.78 Å². The third-order valence-electron chi connectivity index (χ3n) is 4.95. The number of nitrogens with one attached hydrogen (secondary N) is 1. The second-order valence-corrected chi connectivity index (χ2v) is 7.01. The van der Waals surface area contributed by atoms with Crippen molar-refractivity contribution in [1.82, 2.24) is 4.98 Å². The minimum Gasteiger partial charge on any atom is -0.372 e. The number of Topliss-reactive ketones (excluding diaryl/α,β-unsaturated/α-hetero) is 1. The lowest BCUT2D eigenvalue weighted by molar-refractivity contribution is -0.119. The first-order valence-electron chi connectivity index (χ1n) is 9.43. The van der Waals surface area contributed by atoms with Crippen LogP contribution >= 0.6 is 0 Å². The molecule has 0 fully saturated rings. The number of benzene rings is 3. The number of nitrogens with zero attached hydrogens (tertiary/aromatic N) is 1. The minimum absolute atomic E-state index is 0.136. The maximum absolute atomic E-state index is 13.4. The fourth-order valence-corrected chi connectivity index (χ4v) is 3.44. The smallest absolute Gasteiger partial charge is 0.163 e. The Morgan fingerprint density at radius 3 is 2.50 bits per heavy atom. The maximum atomic E-state index is 13.4. The van der Waals surface area contributed by atoms with Crippen LogP contribution in [0.15, 0.2) is 91.3 Å². The molecule has 0 aliphatic rings. The van der Waals surface area contributed by atoms with Gasteiger partial charge in [0.2, 0.25) is 0 Å². The molecule has 0 amide bonds. The summed E-state index contributed by atoms with van der Waals surface area (Å²) in [4.78, 5) is 17.6. The molecule has 3 aromatic carbocycles. The van der Waals surface area contributed by atoms with Gasteiger partial charge >= 0.3 is 0 Å². The number of hydrogen-bond acceptors (Lipinski definition) is 3. The van der Waals surface area contributed by atoms with E-state index >= 15 is 0 Å². The minimum atomic E-state index is -0.403. The zero-order valence-corrected chi connectivity index (χ0v) is 15.8. The standard InChI is InChI=1S/C25H22N2O/c1-18-10-12-19(13-11-18)25(27-22-8-3-2-4-9-22)24(28)16-20-6-5-7-21-17-26-15-14-23(20)21/h2-15,17,25,27H,16H2,1H3/t25-/m0/s1. The van der Waals surface area contributed by atoms with Gasteiger partial charge in [-0.1, -0.05) is 66.2 Å². The van der Waals surface area contributed by atoms with E-state index in [9.17, 15) is 4.79 Å². The first-order valence-corrected chi connectivity index (χ1v) is 9.43. The largest absolute Gasteiger partial charge is 0.372 e. The number of carbonyl (C=O) groups is 1. The zero-order chi connectivity index (χ0) is 19.3. The van der Waals surface area contributed by atoms with Gasteiger partial charge in [0, 0.05) is 29.9 Å². The predicted octanol–water partition coefficient (Wildman–Crippen LogP) is 5.51. The number of rotatable bonds is 6. The van der Waals surface area contributed by atoms with E-state index in [4.69, 9.17) is 0 Å². The van der Waals surface area contributed by atoms with E-state index in [1.165, 1.54) is 5.56 Å². The molecule has 1 aromatic heterocycles. The van der Waals surface area contributed by atoms with Crippen LogP contribution in [0.3, 0.4) is 0 Å². The Kier molecular flexibility index (Phi) is 5.16. The van der Waals surface area contributed by atoms with Gasteiger partial charge in [0.25, 0.3) is 0 Å². The molecule has 0 spiro atoms. The van der Waals surface area contributed by atoms with E-state index < -0.39 is 6.04 Å². The van der Waals surface area contributed by atoms with Crippen LogP contribution in [0.25, 0.3) is 10.8 Å². The highest BCUT2D eigenvalue weighted by Gasteiger charge is 2.21. The molecule has 4 aromatic rings. The van der Waals surface area contributed by atoms with Gasteiger partial charge in [-0.2, -0.15) is 0 Å². The average Bonchev–Trinajstić information content (AvgIpc) is 2.74. The summed E-state index contributed by atoms with van der Waals surface area (Å²) in [6.07, 6.45) is 3.97. The second-order valence-electron chi connectivity index (χ2n) is 7.01. The van der Waals surface area contributed by atoms with E-state index in [1.54, 1.807) is 6.20 Å².